The molecule has 0 saturated carbocycles. The van der Waals surface area contributed by atoms with Gasteiger partial charge in [0.05, 0.1) is 10.7 Å². The van der Waals surface area contributed by atoms with E-state index in [1.807, 2.05) is 30.8 Å². The van der Waals surface area contributed by atoms with Gasteiger partial charge in [-0.1, -0.05) is 22.0 Å². The Bertz CT molecular complexity index is 537. The van der Waals surface area contributed by atoms with Gasteiger partial charge in [-0.15, -0.1) is 11.8 Å². The molecule has 1 aromatic carbocycles. The van der Waals surface area contributed by atoms with E-state index in [-0.39, 0.29) is 0 Å². The third kappa shape index (κ3) is 3.04. The number of rotatable bonds is 3. The fourth-order valence-corrected chi connectivity index (χ4v) is 3.00. The highest BCUT2D eigenvalue weighted by Crippen LogP contribution is 2.27. The van der Waals surface area contributed by atoms with Crippen molar-refractivity contribution in [3.05, 3.63) is 40.0 Å². The Hall–Kier alpha value is -0.940. The van der Waals surface area contributed by atoms with E-state index in [1.54, 1.807) is 11.8 Å². The number of nitrogen functional groups attached to an aromatic ring is 1. The summed E-state index contributed by atoms with van der Waals surface area (Å²) in [6, 6.07) is 8.08. The van der Waals surface area contributed by atoms with Crippen LogP contribution >= 0.6 is 27.7 Å². The lowest BCUT2D eigenvalue weighted by Crippen LogP contribution is -1.95. The van der Waals surface area contributed by atoms with Crippen LogP contribution < -0.4 is 5.73 Å². The van der Waals surface area contributed by atoms with Gasteiger partial charge < -0.3 is 5.73 Å². The highest BCUT2D eigenvalue weighted by atomic mass is 79.9. The molecule has 3 nitrogen and oxygen atoms in total. The van der Waals surface area contributed by atoms with Crippen LogP contribution in [0, 0.1) is 6.92 Å². The summed E-state index contributed by atoms with van der Waals surface area (Å²) in [6.45, 7) is 2.00. The van der Waals surface area contributed by atoms with Gasteiger partial charge in [-0.25, -0.2) is 0 Å². The first-order valence-corrected chi connectivity index (χ1v) is 7.01. The molecule has 0 fully saturated rings. The quantitative estimate of drug-likeness (QED) is 0.698. The Kier molecular flexibility index (Phi) is 3.79. The minimum absolute atomic E-state index is 0.825. The van der Waals surface area contributed by atoms with Crippen molar-refractivity contribution >= 4 is 33.4 Å². The summed E-state index contributed by atoms with van der Waals surface area (Å²) in [7, 11) is 1.96. The van der Waals surface area contributed by atoms with Gasteiger partial charge in [0.25, 0.3) is 0 Å². The molecule has 1 heterocycles. The SMILES string of the molecule is Cc1cc(SCc2ccc(Br)cc2N)n(C)n1. The van der Waals surface area contributed by atoms with Gasteiger partial charge >= 0.3 is 0 Å². The normalized spacial score (nSPS) is 10.8. The second kappa shape index (κ2) is 5.14. The second-order valence-electron chi connectivity index (χ2n) is 3.88. The number of nitrogens with two attached hydrogens (primary N) is 1. The summed E-state index contributed by atoms with van der Waals surface area (Å²) in [5.41, 5.74) is 8.98. The van der Waals surface area contributed by atoms with Crippen molar-refractivity contribution in [3.8, 4) is 0 Å². The van der Waals surface area contributed by atoms with E-state index >= 15 is 0 Å². The molecule has 0 atom stereocenters. The molecule has 2 rings (SSSR count). The van der Waals surface area contributed by atoms with E-state index < -0.39 is 0 Å². The van der Waals surface area contributed by atoms with Gasteiger partial charge in [-0.3, -0.25) is 4.68 Å². The van der Waals surface area contributed by atoms with Crippen LogP contribution in [0.2, 0.25) is 0 Å². The van der Waals surface area contributed by atoms with E-state index in [0.717, 1.165) is 32.2 Å². The third-order valence-electron chi connectivity index (χ3n) is 2.44. The first kappa shape index (κ1) is 12.5. The number of aryl methyl sites for hydroxylation is 2. The first-order chi connectivity index (χ1) is 8.06. The van der Waals surface area contributed by atoms with Gasteiger partial charge in [0.2, 0.25) is 0 Å². The predicted molar refractivity (Wildman–Crippen MR) is 76.1 cm³/mol. The number of hydrogen-bond donors (Lipinski definition) is 1. The summed E-state index contributed by atoms with van der Waals surface area (Å²) in [5, 5.41) is 5.47. The lowest BCUT2D eigenvalue weighted by Gasteiger charge is -2.06. The molecule has 17 heavy (non-hydrogen) atoms. The number of aromatic nitrogens is 2. The van der Waals surface area contributed by atoms with Gasteiger partial charge in [0, 0.05) is 23.0 Å². The Balaban J connectivity index is 2.10. The standard InChI is InChI=1S/C12H14BrN3S/c1-8-5-12(16(2)15-8)17-7-9-3-4-10(13)6-11(9)14/h3-6H,7,14H2,1-2H3. The third-order valence-corrected chi connectivity index (χ3v) is 4.07. The number of anilines is 1. The number of benzene rings is 1. The Labute approximate surface area is 114 Å². The van der Waals surface area contributed by atoms with Crippen molar-refractivity contribution in [2.24, 2.45) is 7.05 Å². The van der Waals surface area contributed by atoms with Gasteiger partial charge in [0.1, 0.15) is 0 Å². The molecular formula is C12H14BrN3S. The molecule has 0 aliphatic carbocycles. The topological polar surface area (TPSA) is 43.8 Å². The van der Waals surface area contributed by atoms with Crippen molar-refractivity contribution in [1.29, 1.82) is 0 Å². The molecule has 90 valence electrons. The maximum Gasteiger partial charge on any atom is 0.0942 e. The van der Waals surface area contributed by atoms with Crippen LogP contribution in [0.5, 0.6) is 0 Å². The van der Waals surface area contributed by atoms with Crippen LogP contribution in [-0.4, -0.2) is 9.78 Å². The number of nitrogens with zero attached hydrogens (tertiary/aromatic N) is 2. The van der Waals surface area contributed by atoms with Crippen LogP contribution in [0.1, 0.15) is 11.3 Å². The minimum atomic E-state index is 0.825. The summed E-state index contributed by atoms with van der Waals surface area (Å²) < 4.78 is 2.91. The first-order valence-electron chi connectivity index (χ1n) is 5.23. The highest BCUT2D eigenvalue weighted by molar-refractivity contribution is 9.10. The van der Waals surface area contributed by atoms with Crippen LogP contribution in [0.15, 0.2) is 33.8 Å². The maximum absolute atomic E-state index is 5.96. The average molecular weight is 312 g/mol. The monoisotopic (exact) mass is 311 g/mol. The van der Waals surface area contributed by atoms with E-state index in [0.29, 0.717) is 0 Å². The van der Waals surface area contributed by atoms with E-state index in [2.05, 4.69) is 33.2 Å². The molecule has 0 unspecified atom stereocenters. The summed E-state index contributed by atoms with van der Waals surface area (Å²) in [5.74, 6) is 0.859. The molecular weight excluding hydrogens is 298 g/mol. The van der Waals surface area contributed by atoms with Crippen molar-refractivity contribution < 1.29 is 0 Å². The van der Waals surface area contributed by atoms with Crippen molar-refractivity contribution in [1.82, 2.24) is 9.78 Å². The van der Waals surface area contributed by atoms with E-state index in [9.17, 15) is 0 Å². The number of hydrogen-bond acceptors (Lipinski definition) is 3. The molecule has 0 aliphatic rings. The average Bonchev–Trinajstić information content (AvgIpc) is 2.56. The summed E-state index contributed by atoms with van der Waals surface area (Å²) in [4.78, 5) is 0. The molecule has 2 N–H and O–H groups in total. The van der Waals surface area contributed by atoms with Crippen molar-refractivity contribution in [3.63, 3.8) is 0 Å². The molecule has 0 bridgehead atoms. The van der Waals surface area contributed by atoms with Gasteiger partial charge in [-0.2, -0.15) is 5.10 Å². The molecule has 0 aliphatic heterocycles. The zero-order valence-corrected chi connectivity index (χ0v) is 12.2. The molecule has 2 aromatic rings. The molecule has 0 radical (unpaired) electrons. The fraction of sp³-hybridized carbons (Fsp3) is 0.250. The molecule has 0 saturated heterocycles. The summed E-state index contributed by atoms with van der Waals surface area (Å²) in [6.07, 6.45) is 0. The van der Waals surface area contributed by atoms with Crippen molar-refractivity contribution in [2.45, 2.75) is 17.7 Å². The van der Waals surface area contributed by atoms with E-state index in [1.165, 1.54) is 0 Å². The maximum atomic E-state index is 5.96. The van der Waals surface area contributed by atoms with Crippen LogP contribution in [0.4, 0.5) is 5.69 Å². The molecule has 0 spiro atoms. The molecule has 0 amide bonds. The predicted octanol–water partition coefficient (Wildman–Crippen LogP) is 3.37. The lowest BCUT2D eigenvalue weighted by atomic mass is 10.2. The smallest absolute Gasteiger partial charge is 0.0942 e. The summed E-state index contributed by atoms with van der Waals surface area (Å²) >= 11 is 5.15. The Morgan fingerprint density at radius 2 is 2.18 bits per heavy atom. The zero-order chi connectivity index (χ0) is 12.4. The van der Waals surface area contributed by atoms with Gasteiger partial charge in [0.15, 0.2) is 0 Å². The highest BCUT2D eigenvalue weighted by Gasteiger charge is 2.05. The van der Waals surface area contributed by atoms with Crippen LogP contribution in [0.3, 0.4) is 0 Å². The van der Waals surface area contributed by atoms with Gasteiger partial charge in [-0.05, 0) is 30.7 Å². The molecule has 5 heteroatoms. The van der Waals surface area contributed by atoms with E-state index in [4.69, 9.17) is 5.73 Å². The fourth-order valence-electron chi connectivity index (χ4n) is 1.57. The zero-order valence-electron chi connectivity index (χ0n) is 9.77. The largest absolute Gasteiger partial charge is 0.398 e. The number of halogens is 1. The lowest BCUT2D eigenvalue weighted by molar-refractivity contribution is 0.692. The Morgan fingerprint density at radius 3 is 2.76 bits per heavy atom. The second-order valence-corrected chi connectivity index (χ2v) is 5.79. The minimum Gasteiger partial charge on any atom is -0.398 e. The van der Waals surface area contributed by atoms with Crippen molar-refractivity contribution in [2.75, 3.05) is 5.73 Å². The van der Waals surface area contributed by atoms with Crippen LogP contribution in [0.25, 0.3) is 0 Å². The van der Waals surface area contributed by atoms with Crippen LogP contribution in [-0.2, 0) is 12.8 Å². The Morgan fingerprint density at radius 1 is 1.41 bits per heavy atom. The molecule has 1 aromatic heterocycles. The number of thioether (sulfide) groups is 1.